The summed E-state index contributed by atoms with van der Waals surface area (Å²) in [6, 6.07) is 5.72. The van der Waals surface area contributed by atoms with Crippen LogP contribution >= 0.6 is 0 Å². The van der Waals surface area contributed by atoms with Crippen LogP contribution in [0.25, 0.3) is 0 Å². The van der Waals surface area contributed by atoms with Crippen LogP contribution in [0.15, 0.2) is 30.6 Å². The zero-order valence-electron chi connectivity index (χ0n) is 11.4. The number of benzene rings is 1. The summed E-state index contributed by atoms with van der Waals surface area (Å²) in [6.07, 6.45) is 3.17. The number of aromatic nitrogens is 2. The molecule has 7 heteroatoms. The van der Waals surface area contributed by atoms with Crippen molar-refractivity contribution in [3.05, 3.63) is 36.2 Å². The molecule has 1 aromatic heterocycles. The highest BCUT2D eigenvalue weighted by atomic mass is 16.5. The summed E-state index contributed by atoms with van der Waals surface area (Å²) in [4.78, 5) is 8.23. The zero-order valence-corrected chi connectivity index (χ0v) is 11.4. The number of anilines is 2. The predicted octanol–water partition coefficient (Wildman–Crippen LogP) is 1.39. The first-order valence-corrected chi connectivity index (χ1v) is 6.00. The van der Waals surface area contributed by atoms with Gasteiger partial charge in [0, 0.05) is 6.54 Å². The van der Waals surface area contributed by atoms with Crippen molar-refractivity contribution in [2.24, 2.45) is 5.84 Å². The van der Waals surface area contributed by atoms with Crippen LogP contribution in [-0.4, -0.2) is 24.2 Å². The molecule has 1 aromatic carbocycles. The fourth-order valence-corrected chi connectivity index (χ4v) is 1.70. The number of hydrogen-bond acceptors (Lipinski definition) is 7. The van der Waals surface area contributed by atoms with E-state index in [1.54, 1.807) is 26.6 Å². The first kappa shape index (κ1) is 13.9. The van der Waals surface area contributed by atoms with Gasteiger partial charge in [-0.3, -0.25) is 4.98 Å². The summed E-state index contributed by atoms with van der Waals surface area (Å²) in [5, 5.41) is 3.16. The largest absolute Gasteiger partial charge is 0.493 e. The molecule has 0 saturated heterocycles. The minimum absolute atomic E-state index is 0.502. The molecule has 0 unspecified atom stereocenters. The molecule has 20 heavy (non-hydrogen) atoms. The average molecular weight is 275 g/mol. The second kappa shape index (κ2) is 6.58. The van der Waals surface area contributed by atoms with E-state index in [0.29, 0.717) is 29.7 Å². The Morgan fingerprint density at radius 1 is 1.10 bits per heavy atom. The van der Waals surface area contributed by atoms with Crippen molar-refractivity contribution in [1.29, 1.82) is 0 Å². The predicted molar refractivity (Wildman–Crippen MR) is 76.7 cm³/mol. The van der Waals surface area contributed by atoms with Crippen LogP contribution in [0.4, 0.5) is 11.6 Å². The van der Waals surface area contributed by atoms with Crippen molar-refractivity contribution in [3.63, 3.8) is 0 Å². The molecule has 0 radical (unpaired) electrons. The van der Waals surface area contributed by atoms with Crippen molar-refractivity contribution in [2.75, 3.05) is 25.0 Å². The number of methoxy groups -OCH3 is 2. The van der Waals surface area contributed by atoms with Gasteiger partial charge >= 0.3 is 0 Å². The number of hydrogen-bond donors (Lipinski definition) is 3. The molecule has 7 nitrogen and oxygen atoms in total. The van der Waals surface area contributed by atoms with Crippen molar-refractivity contribution in [2.45, 2.75) is 6.54 Å². The molecule has 4 N–H and O–H groups in total. The van der Waals surface area contributed by atoms with Gasteiger partial charge in [-0.05, 0) is 17.7 Å². The molecule has 0 spiro atoms. The molecule has 0 saturated carbocycles. The summed E-state index contributed by atoms with van der Waals surface area (Å²) in [6.45, 7) is 0.586. The van der Waals surface area contributed by atoms with E-state index in [0.717, 1.165) is 5.56 Å². The highest BCUT2D eigenvalue weighted by Crippen LogP contribution is 2.27. The number of nitrogens with one attached hydrogen (secondary N) is 2. The number of nitrogen functional groups attached to an aromatic ring is 1. The number of nitrogens with two attached hydrogens (primary N) is 1. The van der Waals surface area contributed by atoms with Crippen molar-refractivity contribution >= 4 is 11.6 Å². The lowest BCUT2D eigenvalue weighted by Gasteiger charge is -2.10. The number of nitrogens with zero attached hydrogens (tertiary/aromatic N) is 2. The SMILES string of the molecule is COc1ccc(CNc2cncc(NN)n2)cc1OC. The molecule has 2 rings (SSSR count). The molecule has 2 aromatic rings. The minimum atomic E-state index is 0.502. The second-order valence-corrected chi connectivity index (χ2v) is 3.98. The van der Waals surface area contributed by atoms with Gasteiger partial charge in [0.2, 0.25) is 0 Å². The molecular weight excluding hydrogens is 258 g/mol. The third kappa shape index (κ3) is 3.27. The van der Waals surface area contributed by atoms with E-state index < -0.39 is 0 Å². The standard InChI is InChI=1S/C13H17N5O2/c1-19-10-4-3-9(5-11(10)20-2)6-16-12-7-15-8-13(17-12)18-14/h3-5,7-8H,6,14H2,1-2H3,(H2,16,17,18). The topological polar surface area (TPSA) is 94.3 Å². The van der Waals surface area contributed by atoms with Gasteiger partial charge in [-0.1, -0.05) is 6.07 Å². The molecule has 0 atom stereocenters. The van der Waals surface area contributed by atoms with Gasteiger partial charge in [0.1, 0.15) is 5.82 Å². The molecule has 0 fully saturated rings. The van der Waals surface area contributed by atoms with E-state index in [1.165, 1.54) is 0 Å². The minimum Gasteiger partial charge on any atom is -0.493 e. The van der Waals surface area contributed by atoms with Crippen molar-refractivity contribution < 1.29 is 9.47 Å². The number of ether oxygens (including phenoxy) is 2. The van der Waals surface area contributed by atoms with Gasteiger partial charge in [-0.15, -0.1) is 0 Å². The van der Waals surface area contributed by atoms with Crippen molar-refractivity contribution in [1.82, 2.24) is 9.97 Å². The Balaban J connectivity index is 2.06. The smallest absolute Gasteiger partial charge is 0.161 e. The summed E-state index contributed by atoms with van der Waals surface area (Å²) < 4.78 is 10.5. The van der Waals surface area contributed by atoms with E-state index in [9.17, 15) is 0 Å². The third-order valence-electron chi connectivity index (χ3n) is 2.70. The molecule has 0 bridgehead atoms. The van der Waals surface area contributed by atoms with Crippen LogP contribution in [0.2, 0.25) is 0 Å². The summed E-state index contributed by atoms with van der Waals surface area (Å²) in [7, 11) is 3.22. The normalized spacial score (nSPS) is 9.95. The highest BCUT2D eigenvalue weighted by molar-refractivity contribution is 5.45. The van der Waals surface area contributed by atoms with Crippen LogP contribution in [0.3, 0.4) is 0 Å². The third-order valence-corrected chi connectivity index (χ3v) is 2.70. The lowest BCUT2D eigenvalue weighted by atomic mass is 10.2. The van der Waals surface area contributed by atoms with E-state index in [4.69, 9.17) is 15.3 Å². The van der Waals surface area contributed by atoms with Crippen LogP contribution < -0.4 is 26.1 Å². The van der Waals surface area contributed by atoms with Gasteiger partial charge in [0.05, 0.1) is 26.6 Å². The van der Waals surface area contributed by atoms with Gasteiger partial charge in [0.15, 0.2) is 17.3 Å². The van der Waals surface area contributed by atoms with Crippen LogP contribution in [-0.2, 0) is 6.54 Å². The Morgan fingerprint density at radius 3 is 2.55 bits per heavy atom. The van der Waals surface area contributed by atoms with Gasteiger partial charge < -0.3 is 20.2 Å². The van der Waals surface area contributed by atoms with Crippen LogP contribution in [0.5, 0.6) is 11.5 Å². The number of rotatable bonds is 6. The van der Waals surface area contributed by atoms with Crippen LogP contribution in [0.1, 0.15) is 5.56 Å². The molecule has 0 amide bonds. The fourth-order valence-electron chi connectivity index (χ4n) is 1.70. The number of hydrazine groups is 1. The first-order valence-electron chi connectivity index (χ1n) is 6.00. The van der Waals surface area contributed by atoms with Gasteiger partial charge in [-0.25, -0.2) is 10.8 Å². The molecule has 1 heterocycles. The van der Waals surface area contributed by atoms with Crippen molar-refractivity contribution in [3.8, 4) is 11.5 Å². The molecule has 0 aliphatic heterocycles. The maximum atomic E-state index is 5.29. The molecular formula is C13H17N5O2. The summed E-state index contributed by atoms with van der Waals surface area (Å²) in [5.74, 6) is 7.81. The lowest BCUT2D eigenvalue weighted by molar-refractivity contribution is 0.354. The van der Waals surface area contributed by atoms with Gasteiger partial charge in [0.25, 0.3) is 0 Å². The zero-order chi connectivity index (χ0) is 14.4. The van der Waals surface area contributed by atoms with Crippen LogP contribution in [0, 0.1) is 0 Å². The van der Waals surface area contributed by atoms with E-state index in [1.807, 2.05) is 18.2 Å². The molecule has 0 aliphatic carbocycles. The fraction of sp³-hybridized carbons (Fsp3) is 0.231. The van der Waals surface area contributed by atoms with E-state index in [2.05, 4.69) is 20.7 Å². The highest BCUT2D eigenvalue weighted by Gasteiger charge is 2.05. The van der Waals surface area contributed by atoms with Gasteiger partial charge in [-0.2, -0.15) is 0 Å². The Labute approximate surface area is 117 Å². The molecule has 0 aliphatic rings. The first-order chi connectivity index (χ1) is 9.76. The monoisotopic (exact) mass is 275 g/mol. The maximum Gasteiger partial charge on any atom is 0.161 e. The quantitative estimate of drug-likeness (QED) is 0.541. The Morgan fingerprint density at radius 2 is 1.85 bits per heavy atom. The Bertz CT molecular complexity index is 576. The van der Waals surface area contributed by atoms with E-state index in [-0.39, 0.29) is 0 Å². The second-order valence-electron chi connectivity index (χ2n) is 3.98. The summed E-state index contributed by atoms with van der Waals surface area (Å²) in [5.41, 5.74) is 3.49. The Kier molecular flexibility index (Phi) is 4.56. The lowest BCUT2D eigenvalue weighted by Crippen LogP contribution is -2.10. The summed E-state index contributed by atoms with van der Waals surface area (Å²) >= 11 is 0. The maximum absolute atomic E-state index is 5.29. The Hall–Kier alpha value is -2.54. The average Bonchev–Trinajstić information content (AvgIpc) is 2.52. The molecule has 106 valence electrons. The van der Waals surface area contributed by atoms with E-state index >= 15 is 0 Å².